The highest BCUT2D eigenvalue weighted by Crippen LogP contribution is 2.36. The number of carbonyl (C=O) groups excluding carboxylic acids is 2. The minimum absolute atomic E-state index is 0.0911. The number of nitrogen functional groups attached to an aromatic ring is 1. The highest BCUT2D eigenvalue weighted by Gasteiger charge is 2.25. The molecule has 0 fully saturated rings. The topological polar surface area (TPSA) is 98.2 Å². The Bertz CT molecular complexity index is 492. The second-order valence-electron chi connectivity index (χ2n) is 4.10. The van der Waals surface area contributed by atoms with Crippen molar-refractivity contribution in [3.8, 4) is 0 Å². The fourth-order valence-corrected chi connectivity index (χ4v) is 2.64. The molecule has 0 saturated carbocycles. The molecule has 1 heterocycles. The van der Waals surface area contributed by atoms with Crippen LogP contribution in [0.4, 0.5) is 10.7 Å². The number of hydrogen-bond acceptors (Lipinski definition) is 5. The molecule has 0 saturated heterocycles. The molecule has 18 heavy (non-hydrogen) atoms. The average molecular weight is 267 g/mol. The summed E-state index contributed by atoms with van der Waals surface area (Å²) in [5, 5.41) is 3.48. The van der Waals surface area contributed by atoms with Gasteiger partial charge < -0.3 is 16.8 Å². The molecule has 0 aliphatic carbocycles. The summed E-state index contributed by atoms with van der Waals surface area (Å²) in [4.78, 5) is 23.7. The van der Waals surface area contributed by atoms with Crippen LogP contribution in [0.15, 0.2) is 12.7 Å². The monoisotopic (exact) mass is 267 g/mol. The molecular weight excluding hydrogens is 250 g/mol. The third-order valence-electron chi connectivity index (χ3n) is 2.35. The number of anilines is 2. The molecule has 0 aromatic carbocycles. The van der Waals surface area contributed by atoms with E-state index >= 15 is 0 Å². The SMILES string of the molecule is C=CCNc1sc(C(=O)C(C)C)c(N)c1C(N)=O. The van der Waals surface area contributed by atoms with Gasteiger partial charge in [-0.15, -0.1) is 17.9 Å². The van der Waals surface area contributed by atoms with E-state index in [0.29, 0.717) is 16.4 Å². The molecular formula is C12H17N3O2S. The molecule has 0 atom stereocenters. The Balaban J connectivity index is 3.27. The largest absolute Gasteiger partial charge is 0.397 e. The average Bonchev–Trinajstić information content (AvgIpc) is 2.62. The number of primary amides is 1. The third-order valence-corrected chi connectivity index (χ3v) is 3.52. The predicted molar refractivity (Wildman–Crippen MR) is 75.1 cm³/mol. The minimum Gasteiger partial charge on any atom is -0.397 e. The van der Waals surface area contributed by atoms with Crippen molar-refractivity contribution in [2.75, 3.05) is 17.6 Å². The molecule has 5 nitrogen and oxygen atoms in total. The van der Waals surface area contributed by atoms with E-state index in [1.165, 1.54) is 0 Å². The maximum absolute atomic E-state index is 12.0. The normalized spacial score (nSPS) is 10.4. The molecule has 0 aliphatic heterocycles. The molecule has 98 valence electrons. The Morgan fingerprint density at radius 1 is 1.50 bits per heavy atom. The van der Waals surface area contributed by atoms with E-state index in [1.54, 1.807) is 19.9 Å². The zero-order chi connectivity index (χ0) is 13.9. The summed E-state index contributed by atoms with van der Waals surface area (Å²) in [5.41, 5.74) is 11.5. The van der Waals surface area contributed by atoms with Crippen LogP contribution < -0.4 is 16.8 Å². The van der Waals surface area contributed by atoms with E-state index in [-0.39, 0.29) is 23.0 Å². The predicted octanol–water partition coefficient (Wildman–Crippen LogP) is 1.87. The van der Waals surface area contributed by atoms with Crippen molar-refractivity contribution in [3.63, 3.8) is 0 Å². The van der Waals surface area contributed by atoms with Crippen LogP contribution in [0, 0.1) is 5.92 Å². The maximum Gasteiger partial charge on any atom is 0.253 e. The first kappa shape index (κ1) is 14.2. The smallest absolute Gasteiger partial charge is 0.253 e. The summed E-state index contributed by atoms with van der Waals surface area (Å²) in [6, 6.07) is 0. The zero-order valence-electron chi connectivity index (χ0n) is 10.4. The lowest BCUT2D eigenvalue weighted by atomic mass is 10.1. The number of Topliss-reactive ketones (excluding diaryl/α,β-unsaturated/α-hetero) is 1. The first-order chi connectivity index (χ1) is 8.40. The fourth-order valence-electron chi connectivity index (χ4n) is 1.42. The molecule has 0 radical (unpaired) electrons. The van der Waals surface area contributed by atoms with Crippen molar-refractivity contribution in [3.05, 3.63) is 23.1 Å². The maximum atomic E-state index is 12.0. The van der Waals surface area contributed by atoms with Gasteiger partial charge in [0.1, 0.15) is 5.00 Å². The van der Waals surface area contributed by atoms with Gasteiger partial charge in [0.15, 0.2) is 5.78 Å². The second kappa shape index (κ2) is 5.68. The first-order valence-corrected chi connectivity index (χ1v) is 6.32. The minimum atomic E-state index is -0.641. The summed E-state index contributed by atoms with van der Waals surface area (Å²) in [6.07, 6.45) is 1.64. The van der Waals surface area contributed by atoms with E-state index in [2.05, 4.69) is 11.9 Å². The zero-order valence-corrected chi connectivity index (χ0v) is 11.3. The molecule has 0 aliphatic rings. The van der Waals surface area contributed by atoms with Crippen molar-refractivity contribution >= 4 is 33.7 Å². The molecule has 0 unspecified atom stereocenters. The Labute approximate surface area is 110 Å². The number of ketones is 1. The highest BCUT2D eigenvalue weighted by atomic mass is 32.1. The van der Waals surface area contributed by atoms with Crippen LogP contribution in [-0.2, 0) is 0 Å². The van der Waals surface area contributed by atoms with Crippen LogP contribution in [0.1, 0.15) is 33.9 Å². The summed E-state index contributed by atoms with van der Waals surface area (Å²) in [6.45, 7) is 7.60. The van der Waals surface area contributed by atoms with Gasteiger partial charge in [-0.2, -0.15) is 0 Å². The molecule has 1 aromatic heterocycles. The Morgan fingerprint density at radius 3 is 2.56 bits per heavy atom. The van der Waals surface area contributed by atoms with Crippen LogP contribution in [0.3, 0.4) is 0 Å². The molecule has 0 bridgehead atoms. The van der Waals surface area contributed by atoms with E-state index in [1.807, 2.05) is 0 Å². The molecule has 1 rings (SSSR count). The van der Waals surface area contributed by atoms with Crippen LogP contribution in [0.5, 0.6) is 0 Å². The van der Waals surface area contributed by atoms with Crippen molar-refractivity contribution in [1.82, 2.24) is 0 Å². The van der Waals surface area contributed by atoms with E-state index < -0.39 is 5.91 Å². The van der Waals surface area contributed by atoms with Gasteiger partial charge in [0.05, 0.1) is 16.1 Å². The fraction of sp³-hybridized carbons (Fsp3) is 0.333. The molecule has 0 spiro atoms. The number of thiophene rings is 1. The van der Waals surface area contributed by atoms with Gasteiger partial charge in [0.2, 0.25) is 0 Å². The highest BCUT2D eigenvalue weighted by molar-refractivity contribution is 7.19. The van der Waals surface area contributed by atoms with Gasteiger partial charge in [-0.1, -0.05) is 19.9 Å². The van der Waals surface area contributed by atoms with Crippen LogP contribution in [-0.4, -0.2) is 18.2 Å². The van der Waals surface area contributed by atoms with E-state index in [4.69, 9.17) is 11.5 Å². The third kappa shape index (κ3) is 2.70. The standard InChI is InChI=1S/C12H17N3O2S/c1-4-5-15-12-7(11(14)17)8(13)10(18-12)9(16)6(2)3/h4,6,15H,1,5,13H2,2-3H3,(H2,14,17). The quantitative estimate of drug-likeness (QED) is 0.541. The number of hydrogen-bond donors (Lipinski definition) is 3. The molecule has 6 heteroatoms. The Morgan fingerprint density at radius 2 is 2.11 bits per heavy atom. The molecule has 1 aromatic rings. The number of carbonyl (C=O) groups is 2. The second-order valence-corrected chi connectivity index (χ2v) is 5.12. The van der Waals surface area contributed by atoms with Gasteiger partial charge in [-0.25, -0.2) is 0 Å². The van der Waals surface area contributed by atoms with Crippen LogP contribution >= 0.6 is 11.3 Å². The van der Waals surface area contributed by atoms with Crippen molar-refractivity contribution in [2.24, 2.45) is 11.7 Å². The molecule has 1 amide bonds. The Hall–Kier alpha value is -1.82. The van der Waals surface area contributed by atoms with Gasteiger partial charge in [-0.3, -0.25) is 9.59 Å². The lowest BCUT2D eigenvalue weighted by Crippen LogP contribution is -2.15. The summed E-state index contributed by atoms with van der Waals surface area (Å²) < 4.78 is 0. The van der Waals surface area contributed by atoms with Gasteiger partial charge in [-0.05, 0) is 0 Å². The number of nitrogens with one attached hydrogen (secondary N) is 1. The number of nitrogens with two attached hydrogens (primary N) is 2. The van der Waals surface area contributed by atoms with Crippen molar-refractivity contribution < 1.29 is 9.59 Å². The first-order valence-electron chi connectivity index (χ1n) is 5.51. The summed E-state index contributed by atoms with van der Waals surface area (Å²) >= 11 is 1.16. The van der Waals surface area contributed by atoms with Crippen LogP contribution in [0.2, 0.25) is 0 Å². The lowest BCUT2D eigenvalue weighted by Gasteiger charge is -2.02. The van der Waals surface area contributed by atoms with Crippen molar-refractivity contribution in [1.29, 1.82) is 0 Å². The van der Waals surface area contributed by atoms with Gasteiger partial charge >= 0.3 is 0 Å². The number of rotatable bonds is 6. The summed E-state index contributed by atoms with van der Waals surface area (Å²) in [5.74, 6) is -0.913. The lowest BCUT2D eigenvalue weighted by molar-refractivity contribution is 0.0944. The Kier molecular flexibility index (Phi) is 4.49. The van der Waals surface area contributed by atoms with Gasteiger partial charge in [0, 0.05) is 12.5 Å². The van der Waals surface area contributed by atoms with Crippen LogP contribution in [0.25, 0.3) is 0 Å². The molecule has 5 N–H and O–H groups in total. The van der Waals surface area contributed by atoms with E-state index in [0.717, 1.165) is 11.3 Å². The van der Waals surface area contributed by atoms with Gasteiger partial charge in [0.25, 0.3) is 5.91 Å². The van der Waals surface area contributed by atoms with E-state index in [9.17, 15) is 9.59 Å². The number of amides is 1. The van der Waals surface area contributed by atoms with Crippen molar-refractivity contribution in [2.45, 2.75) is 13.8 Å². The summed E-state index contributed by atoms with van der Waals surface area (Å²) in [7, 11) is 0.